The van der Waals surface area contributed by atoms with Gasteiger partial charge < -0.3 is 10.1 Å². The van der Waals surface area contributed by atoms with E-state index < -0.39 is 23.5 Å². The lowest BCUT2D eigenvalue weighted by molar-refractivity contribution is -0.156. The number of ether oxygens (including phenoxy) is 1. The Labute approximate surface area is 126 Å². The van der Waals surface area contributed by atoms with E-state index in [0.29, 0.717) is 8.67 Å². The second-order valence-corrected chi connectivity index (χ2v) is 7.25. The summed E-state index contributed by atoms with van der Waals surface area (Å²) in [6.07, 6.45) is 0. The van der Waals surface area contributed by atoms with Crippen LogP contribution in [0.4, 0.5) is 0 Å². The summed E-state index contributed by atoms with van der Waals surface area (Å²) in [5, 5.41) is 2.52. The Morgan fingerprint density at radius 2 is 1.95 bits per heavy atom. The lowest BCUT2D eigenvalue weighted by atomic mass is 10.2. The number of amides is 1. The molecule has 0 saturated carbocycles. The molecule has 0 aliphatic carbocycles. The van der Waals surface area contributed by atoms with Gasteiger partial charge in [0.2, 0.25) is 0 Å². The molecule has 0 aliphatic heterocycles. The summed E-state index contributed by atoms with van der Waals surface area (Å²) in [4.78, 5) is 23.6. The summed E-state index contributed by atoms with van der Waals surface area (Å²) in [6.45, 7) is 6.83. The maximum atomic E-state index is 11.9. The predicted molar refractivity (Wildman–Crippen MR) is 77.1 cm³/mol. The fourth-order valence-corrected chi connectivity index (χ4v) is 2.68. The van der Waals surface area contributed by atoms with Crippen LogP contribution in [0.1, 0.15) is 38.1 Å². The number of hydrogen-bond donors (Lipinski definition) is 1. The van der Waals surface area contributed by atoms with Crippen LogP contribution in [0.25, 0.3) is 0 Å². The normalized spacial score (nSPS) is 12.9. The van der Waals surface area contributed by atoms with Crippen molar-refractivity contribution in [2.24, 2.45) is 0 Å². The van der Waals surface area contributed by atoms with Gasteiger partial charge in [-0.3, -0.25) is 4.79 Å². The Balaban J connectivity index is 2.67. The van der Waals surface area contributed by atoms with E-state index in [4.69, 9.17) is 27.9 Å². The molecule has 0 unspecified atom stereocenters. The molecule has 0 bridgehead atoms. The summed E-state index contributed by atoms with van der Waals surface area (Å²) in [5.41, 5.74) is -0.341. The molecule has 0 fully saturated rings. The van der Waals surface area contributed by atoms with Gasteiger partial charge in [0, 0.05) is 0 Å². The number of nitrogens with one attached hydrogen (secondary N) is 1. The second kappa shape index (κ2) is 6.11. The molecular weight excluding hydrogens is 309 g/mol. The first-order valence-electron chi connectivity index (χ1n) is 5.58. The van der Waals surface area contributed by atoms with Gasteiger partial charge in [-0.2, -0.15) is 0 Å². The van der Waals surface area contributed by atoms with Crippen molar-refractivity contribution in [3.8, 4) is 0 Å². The topological polar surface area (TPSA) is 55.4 Å². The van der Waals surface area contributed by atoms with E-state index in [1.54, 1.807) is 27.7 Å². The van der Waals surface area contributed by atoms with Crippen molar-refractivity contribution in [1.29, 1.82) is 0 Å². The van der Waals surface area contributed by atoms with Crippen LogP contribution in [0.3, 0.4) is 0 Å². The van der Waals surface area contributed by atoms with Crippen LogP contribution in [-0.2, 0) is 9.53 Å². The molecule has 4 nitrogen and oxygen atoms in total. The number of rotatable bonds is 3. The number of esters is 1. The lowest BCUT2D eigenvalue weighted by Gasteiger charge is -2.22. The fraction of sp³-hybridized carbons (Fsp3) is 0.500. The van der Waals surface area contributed by atoms with E-state index in [9.17, 15) is 9.59 Å². The van der Waals surface area contributed by atoms with Crippen LogP contribution < -0.4 is 5.32 Å². The van der Waals surface area contributed by atoms with Crippen molar-refractivity contribution < 1.29 is 14.3 Å². The minimum atomic E-state index is -0.763. The number of thiophene rings is 1. The first-order valence-corrected chi connectivity index (χ1v) is 7.16. The van der Waals surface area contributed by atoms with E-state index in [2.05, 4.69) is 5.32 Å². The highest BCUT2D eigenvalue weighted by Crippen LogP contribution is 2.31. The summed E-state index contributed by atoms with van der Waals surface area (Å²) in [7, 11) is 0. The highest BCUT2D eigenvalue weighted by Gasteiger charge is 2.24. The summed E-state index contributed by atoms with van der Waals surface area (Å²) < 4.78 is 5.87. The molecule has 7 heteroatoms. The molecule has 1 aromatic rings. The maximum absolute atomic E-state index is 11.9. The van der Waals surface area contributed by atoms with Crippen LogP contribution in [0.2, 0.25) is 8.67 Å². The third-order valence-electron chi connectivity index (χ3n) is 2.01. The molecule has 0 saturated heterocycles. The highest BCUT2D eigenvalue weighted by molar-refractivity contribution is 7.20. The standard InChI is InChI=1S/C12H15Cl2NO3S/c1-6(11(17)18-12(2,3)4)15-10(16)7-5-8(13)19-9(7)14/h5-6H,1-4H3,(H,15,16)/t6-/m1/s1. The van der Waals surface area contributed by atoms with E-state index in [1.165, 1.54) is 6.07 Å². The first-order chi connectivity index (χ1) is 8.60. The monoisotopic (exact) mass is 323 g/mol. The SMILES string of the molecule is C[C@@H](NC(=O)c1cc(Cl)sc1Cl)C(=O)OC(C)(C)C. The molecule has 0 aromatic carbocycles. The van der Waals surface area contributed by atoms with Gasteiger partial charge in [-0.25, -0.2) is 4.79 Å². The number of hydrogen-bond acceptors (Lipinski definition) is 4. The molecule has 0 spiro atoms. The van der Waals surface area contributed by atoms with Crippen molar-refractivity contribution in [3.05, 3.63) is 20.3 Å². The molecule has 106 valence electrons. The molecule has 19 heavy (non-hydrogen) atoms. The molecule has 1 atom stereocenters. The summed E-state index contributed by atoms with van der Waals surface area (Å²) >= 11 is 12.7. The van der Waals surface area contributed by atoms with E-state index in [0.717, 1.165) is 11.3 Å². The van der Waals surface area contributed by atoms with Gasteiger partial charge in [0.1, 0.15) is 16.0 Å². The van der Waals surface area contributed by atoms with Crippen LogP contribution in [0.5, 0.6) is 0 Å². The largest absolute Gasteiger partial charge is 0.458 e. The zero-order valence-corrected chi connectivity index (χ0v) is 13.4. The minimum absolute atomic E-state index is 0.257. The van der Waals surface area contributed by atoms with Gasteiger partial charge >= 0.3 is 5.97 Å². The van der Waals surface area contributed by atoms with Gasteiger partial charge in [0.05, 0.1) is 9.90 Å². The molecule has 1 amide bonds. The zero-order valence-electron chi connectivity index (χ0n) is 11.0. The van der Waals surface area contributed by atoms with E-state index >= 15 is 0 Å². The van der Waals surface area contributed by atoms with Gasteiger partial charge in [0.15, 0.2) is 0 Å². The van der Waals surface area contributed by atoms with E-state index in [-0.39, 0.29) is 5.56 Å². The Hall–Kier alpha value is -0.780. The van der Waals surface area contributed by atoms with Gasteiger partial charge in [0.25, 0.3) is 5.91 Å². The van der Waals surface area contributed by atoms with Crippen molar-refractivity contribution in [2.45, 2.75) is 39.3 Å². The van der Waals surface area contributed by atoms with Crippen LogP contribution in [-0.4, -0.2) is 23.5 Å². The smallest absolute Gasteiger partial charge is 0.328 e. The predicted octanol–water partition coefficient (Wildman–Crippen LogP) is 3.51. The molecule has 1 N–H and O–H groups in total. The highest BCUT2D eigenvalue weighted by atomic mass is 35.5. The van der Waals surface area contributed by atoms with Crippen LogP contribution in [0, 0.1) is 0 Å². The quantitative estimate of drug-likeness (QED) is 0.866. The number of halogens is 2. The number of carbonyl (C=O) groups excluding carboxylic acids is 2. The lowest BCUT2D eigenvalue weighted by Crippen LogP contribution is -2.42. The zero-order chi connectivity index (χ0) is 14.8. The Kier molecular flexibility index (Phi) is 5.24. The van der Waals surface area contributed by atoms with Crippen molar-refractivity contribution >= 4 is 46.4 Å². The summed E-state index contributed by atoms with van der Waals surface area (Å²) in [6, 6.07) is 0.701. The van der Waals surface area contributed by atoms with Gasteiger partial charge in [-0.1, -0.05) is 23.2 Å². The third-order valence-corrected chi connectivity index (χ3v) is 3.50. The van der Waals surface area contributed by atoms with E-state index in [1.807, 2.05) is 0 Å². The second-order valence-electron chi connectivity index (χ2n) is 4.97. The molecule has 0 aliphatic rings. The third kappa shape index (κ3) is 5.01. The molecule has 1 rings (SSSR count). The van der Waals surface area contributed by atoms with Crippen molar-refractivity contribution in [3.63, 3.8) is 0 Å². The van der Waals surface area contributed by atoms with Crippen LogP contribution in [0.15, 0.2) is 6.07 Å². The van der Waals surface area contributed by atoms with Gasteiger partial charge in [-0.15, -0.1) is 11.3 Å². The average Bonchev–Trinajstić information content (AvgIpc) is 2.55. The molecule has 1 heterocycles. The first kappa shape index (κ1) is 16.3. The minimum Gasteiger partial charge on any atom is -0.458 e. The van der Waals surface area contributed by atoms with Gasteiger partial charge in [-0.05, 0) is 33.8 Å². The molecule has 0 radical (unpaired) electrons. The Morgan fingerprint density at radius 1 is 1.37 bits per heavy atom. The van der Waals surface area contributed by atoms with Crippen molar-refractivity contribution in [2.75, 3.05) is 0 Å². The van der Waals surface area contributed by atoms with Crippen LogP contribution >= 0.6 is 34.5 Å². The number of carbonyl (C=O) groups is 2. The Bertz CT molecular complexity index is 494. The van der Waals surface area contributed by atoms with Crippen molar-refractivity contribution in [1.82, 2.24) is 5.32 Å². The average molecular weight is 324 g/mol. The fourth-order valence-electron chi connectivity index (χ4n) is 1.22. The Morgan fingerprint density at radius 3 is 2.37 bits per heavy atom. The summed E-state index contributed by atoms with van der Waals surface area (Å²) in [5.74, 6) is -0.954. The maximum Gasteiger partial charge on any atom is 0.328 e. The molecule has 1 aromatic heterocycles. The molecular formula is C12H15Cl2NO3S.